The van der Waals surface area contributed by atoms with Gasteiger partial charge in [-0.05, 0) is 36.8 Å². The summed E-state index contributed by atoms with van der Waals surface area (Å²) in [5, 5.41) is 3.02. The summed E-state index contributed by atoms with van der Waals surface area (Å²) in [4.78, 5) is 30.2. The summed E-state index contributed by atoms with van der Waals surface area (Å²) in [7, 11) is 4.97. The number of ether oxygens (including phenoxy) is 2. The summed E-state index contributed by atoms with van der Waals surface area (Å²) in [5.41, 5.74) is 1.70. The van der Waals surface area contributed by atoms with E-state index in [1.165, 1.54) is 4.57 Å². The summed E-state index contributed by atoms with van der Waals surface area (Å²) in [6.45, 7) is 1.65. The van der Waals surface area contributed by atoms with E-state index in [4.69, 9.17) is 13.9 Å². The average Bonchev–Trinajstić information content (AvgIpc) is 3.38. The SMILES string of the molecule is COc1cc(OC)cc([C@H](NC(=O)[C@H](C)n2c(=O)oc3ccccc32)c2nccn2C)c1. The van der Waals surface area contributed by atoms with Gasteiger partial charge in [0, 0.05) is 25.5 Å². The van der Waals surface area contributed by atoms with Gasteiger partial charge in [0.15, 0.2) is 5.58 Å². The third-order valence-electron chi connectivity index (χ3n) is 5.40. The molecule has 32 heavy (non-hydrogen) atoms. The van der Waals surface area contributed by atoms with Crippen LogP contribution in [-0.2, 0) is 11.8 Å². The summed E-state index contributed by atoms with van der Waals surface area (Å²) < 4.78 is 19.2. The van der Waals surface area contributed by atoms with Crippen LogP contribution < -0.4 is 20.5 Å². The average molecular weight is 436 g/mol. The van der Waals surface area contributed by atoms with E-state index in [9.17, 15) is 9.59 Å². The third-order valence-corrected chi connectivity index (χ3v) is 5.40. The Balaban J connectivity index is 1.73. The van der Waals surface area contributed by atoms with Gasteiger partial charge < -0.3 is 23.8 Å². The first-order valence-electron chi connectivity index (χ1n) is 10.0. The molecule has 0 saturated carbocycles. The number of amides is 1. The van der Waals surface area contributed by atoms with E-state index in [2.05, 4.69) is 10.3 Å². The van der Waals surface area contributed by atoms with Crippen LogP contribution in [0.5, 0.6) is 11.5 Å². The van der Waals surface area contributed by atoms with Crippen LogP contribution >= 0.6 is 0 Å². The molecule has 2 aromatic carbocycles. The summed E-state index contributed by atoms with van der Waals surface area (Å²) in [5.74, 6) is 0.819. The third kappa shape index (κ3) is 3.84. The number of nitrogens with zero attached hydrogens (tertiary/aromatic N) is 3. The Morgan fingerprint density at radius 3 is 2.44 bits per heavy atom. The molecule has 0 aliphatic carbocycles. The number of oxazole rings is 1. The lowest BCUT2D eigenvalue weighted by Gasteiger charge is -2.22. The number of nitrogens with one attached hydrogen (secondary N) is 1. The molecule has 0 aliphatic heterocycles. The van der Waals surface area contributed by atoms with Crippen LogP contribution in [0.15, 0.2) is 64.1 Å². The molecule has 1 N–H and O–H groups in total. The predicted octanol–water partition coefficient (Wildman–Crippen LogP) is 2.81. The van der Waals surface area contributed by atoms with E-state index in [1.807, 2.05) is 23.7 Å². The van der Waals surface area contributed by atoms with Gasteiger partial charge in [0.1, 0.15) is 29.4 Å². The van der Waals surface area contributed by atoms with Crippen molar-refractivity contribution in [2.45, 2.75) is 19.0 Å². The van der Waals surface area contributed by atoms with Crippen LogP contribution in [-0.4, -0.2) is 34.2 Å². The molecule has 0 fully saturated rings. The molecule has 0 unspecified atom stereocenters. The Bertz CT molecular complexity index is 1300. The number of fused-ring (bicyclic) bond motifs is 1. The zero-order chi connectivity index (χ0) is 22.8. The fourth-order valence-electron chi connectivity index (χ4n) is 3.68. The van der Waals surface area contributed by atoms with Gasteiger partial charge in [-0.1, -0.05) is 12.1 Å². The van der Waals surface area contributed by atoms with Gasteiger partial charge in [-0.3, -0.25) is 9.36 Å². The van der Waals surface area contributed by atoms with E-state index >= 15 is 0 Å². The van der Waals surface area contributed by atoms with Crippen LogP contribution in [0.2, 0.25) is 0 Å². The first-order valence-corrected chi connectivity index (χ1v) is 10.0. The molecule has 0 radical (unpaired) electrons. The highest BCUT2D eigenvalue weighted by atomic mass is 16.5. The highest BCUT2D eigenvalue weighted by molar-refractivity contribution is 5.83. The van der Waals surface area contributed by atoms with Gasteiger partial charge in [0.05, 0.1) is 19.7 Å². The maximum Gasteiger partial charge on any atom is 0.420 e. The minimum absolute atomic E-state index is 0.367. The number of para-hydroxylation sites is 2. The molecule has 0 aliphatic rings. The highest BCUT2D eigenvalue weighted by Gasteiger charge is 2.27. The van der Waals surface area contributed by atoms with Crippen LogP contribution in [0.4, 0.5) is 0 Å². The number of carbonyl (C=O) groups excluding carboxylic acids is 1. The number of aromatic nitrogens is 3. The van der Waals surface area contributed by atoms with E-state index in [0.717, 1.165) is 5.56 Å². The molecule has 9 heteroatoms. The summed E-state index contributed by atoms with van der Waals surface area (Å²) in [6, 6.07) is 10.9. The highest BCUT2D eigenvalue weighted by Crippen LogP contribution is 2.30. The van der Waals surface area contributed by atoms with Gasteiger partial charge in [-0.25, -0.2) is 9.78 Å². The first kappa shape index (κ1) is 21.2. The smallest absolute Gasteiger partial charge is 0.420 e. The molecular weight excluding hydrogens is 412 g/mol. The number of methoxy groups -OCH3 is 2. The van der Waals surface area contributed by atoms with Gasteiger partial charge in [0.25, 0.3) is 0 Å². The van der Waals surface area contributed by atoms with Crippen LogP contribution in [0.1, 0.15) is 30.4 Å². The second-order valence-corrected chi connectivity index (χ2v) is 7.37. The van der Waals surface area contributed by atoms with Crippen molar-refractivity contribution in [1.29, 1.82) is 0 Å². The van der Waals surface area contributed by atoms with Crippen molar-refractivity contribution in [2.75, 3.05) is 14.2 Å². The standard InChI is InChI=1S/C23H24N4O5/c1-14(27-18-7-5-6-8-19(18)32-23(27)29)22(28)25-20(21-24-9-10-26(21)2)15-11-16(30-3)13-17(12-15)31-4/h5-14,20H,1-4H3,(H,25,28)/t14-,20-/m0/s1. The fraction of sp³-hybridized carbons (Fsp3) is 0.261. The number of carbonyl (C=O) groups is 1. The van der Waals surface area contributed by atoms with Gasteiger partial charge >= 0.3 is 5.76 Å². The van der Waals surface area contributed by atoms with Crippen molar-refractivity contribution in [3.05, 3.63) is 76.8 Å². The largest absolute Gasteiger partial charge is 0.497 e. The monoisotopic (exact) mass is 436 g/mol. The number of benzene rings is 2. The maximum atomic E-state index is 13.3. The molecule has 2 heterocycles. The second kappa shape index (κ2) is 8.62. The number of rotatable bonds is 7. The van der Waals surface area contributed by atoms with E-state index < -0.39 is 17.8 Å². The molecule has 0 bridgehead atoms. The van der Waals surface area contributed by atoms with Gasteiger partial charge in [-0.2, -0.15) is 0 Å². The van der Waals surface area contributed by atoms with E-state index in [0.29, 0.717) is 28.4 Å². The fourth-order valence-corrected chi connectivity index (χ4v) is 3.68. The molecule has 9 nitrogen and oxygen atoms in total. The van der Waals surface area contributed by atoms with Crippen molar-refractivity contribution in [2.24, 2.45) is 7.05 Å². The number of hydrogen-bond acceptors (Lipinski definition) is 6. The predicted molar refractivity (Wildman–Crippen MR) is 118 cm³/mol. The van der Waals surface area contributed by atoms with Crippen molar-refractivity contribution in [3.8, 4) is 11.5 Å². The zero-order valence-electron chi connectivity index (χ0n) is 18.2. The van der Waals surface area contributed by atoms with Crippen LogP contribution in [0.25, 0.3) is 11.1 Å². The van der Waals surface area contributed by atoms with Gasteiger partial charge in [0.2, 0.25) is 5.91 Å². The van der Waals surface area contributed by atoms with Gasteiger partial charge in [-0.15, -0.1) is 0 Å². The lowest BCUT2D eigenvalue weighted by Crippen LogP contribution is -2.38. The Hall–Kier alpha value is -4.01. The lowest BCUT2D eigenvalue weighted by molar-refractivity contribution is -0.124. The molecule has 1 amide bonds. The zero-order valence-corrected chi connectivity index (χ0v) is 18.2. The van der Waals surface area contributed by atoms with Crippen LogP contribution in [0, 0.1) is 0 Å². The Morgan fingerprint density at radius 2 is 1.81 bits per heavy atom. The topological polar surface area (TPSA) is 101 Å². The van der Waals surface area contributed by atoms with Crippen LogP contribution in [0.3, 0.4) is 0 Å². The van der Waals surface area contributed by atoms with Crippen molar-refractivity contribution < 1.29 is 18.7 Å². The number of imidazole rings is 1. The molecule has 2 aromatic heterocycles. The number of hydrogen-bond donors (Lipinski definition) is 1. The Labute approximate surface area is 184 Å². The molecule has 4 rings (SSSR count). The molecule has 0 saturated heterocycles. The quantitative estimate of drug-likeness (QED) is 0.478. The normalized spacial score (nSPS) is 13.0. The molecular formula is C23H24N4O5. The second-order valence-electron chi connectivity index (χ2n) is 7.37. The first-order chi connectivity index (χ1) is 15.4. The molecule has 166 valence electrons. The summed E-state index contributed by atoms with van der Waals surface area (Å²) >= 11 is 0. The number of aryl methyl sites for hydroxylation is 1. The Kier molecular flexibility index (Phi) is 5.72. The maximum absolute atomic E-state index is 13.3. The minimum Gasteiger partial charge on any atom is -0.497 e. The molecule has 4 aromatic rings. The van der Waals surface area contributed by atoms with Crippen molar-refractivity contribution >= 4 is 17.0 Å². The molecule has 2 atom stereocenters. The lowest BCUT2D eigenvalue weighted by atomic mass is 10.0. The van der Waals surface area contributed by atoms with E-state index in [1.54, 1.807) is 63.9 Å². The van der Waals surface area contributed by atoms with E-state index in [-0.39, 0.29) is 5.91 Å². The van der Waals surface area contributed by atoms with Crippen molar-refractivity contribution in [3.63, 3.8) is 0 Å². The van der Waals surface area contributed by atoms with Crippen molar-refractivity contribution in [1.82, 2.24) is 19.4 Å². The summed E-state index contributed by atoms with van der Waals surface area (Å²) in [6.07, 6.45) is 3.45. The Morgan fingerprint density at radius 1 is 1.12 bits per heavy atom. The minimum atomic E-state index is -0.818. The molecule has 0 spiro atoms.